The van der Waals surface area contributed by atoms with Crippen LogP contribution < -0.4 is 5.73 Å². The number of halogens is 2. The second kappa shape index (κ2) is 7.55. The van der Waals surface area contributed by atoms with E-state index in [-0.39, 0.29) is 18.3 Å². The molecule has 0 bridgehead atoms. The fraction of sp³-hybridized carbons (Fsp3) is 0.667. The standard InChI is InChI=1S/C12H15FN4.C6H12FNO2S/c1-12(2)4-7(5-12)9-3-8(13)10-6-15-11(14)16-17(9)10;1-11(9,10)8-4-2-3-6(7)5-8/h3,6-7H,4-5H2,1-2H3,(H2,14,16);6H,2-5H2,1H3. The highest BCUT2D eigenvalue weighted by atomic mass is 32.2. The molecule has 1 saturated carbocycles. The minimum atomic E-state index is -3.17. The van der Waals surface area contributed by atoms with Crippen molar-refractivity contribution in [1.29, 1.82) is 0 Å². The Kier molecular flexibility index (Phi) is 5.64. The first kappa shape index (κ1) is 20.9. The monoisotopic (exact) mass is 415 g/mol. The lowest BCUT2D eigenvalue weighted by molar-refractivity contribution is 0.147. The van der Waals surface area contributed by atoms with Gasteiger partial charge in [-0.05, 0) is 37.2 Å². The molecule has 1 saturated heterocycles. The van der Waals surface area contributed by atoms with Crippen LogP contribution in [0.25, 0.3) is 5.52 Å². The topological polar surface area (TPSA) is 93.6 Å². The van der Waals surface area contributed by atoms with Crippen LogP contribution in [0, 0.1) is 11.2 Å². The van der Waals surface area contributed by atoms with E-state index in [0.29, 0.717) is 36.2 Å². The van der Waals surface area contributed by atoms with Gasteiger partial charge in [0, 0.05) is 24.7 Å². The number of nitrogens with zero attached hydrogens (tertiary/aromatic N) is 4. The summed E-state index contributed by atoms with van der Waals surface area (Å²) in [5, 5.41) is 4.09. The number of fused-ring (bicyclic) bond motifs is 1. The molecule has 0 spiro atoms. The zero-order chi connectivity index (χ0) is 20.7. The van der Waals surface area contributed by atoms with Gasteiger partial charge in [0.25, 0.3) is 0 Å². The maximum atomic E-state index is 13.7. The molecule has 2 N–H and O–H groups in total. The van der Waals surface area contributed by atoms with Crippen LogP contribution in [0.2, 0.25) is 0 Å². The fourth-order valence-corrected chi connectivity index (χ4v) is 4.85. The average molecular weight is 416 g/mol. The predicted octanol–water partition coefficient (Wildman–Crippen LogP) is 2.73. The summed E-state index contributed by atoms with van der Waals surface area (Å²) < 4.78 is 50.9. The second-order valence-corrected chi connectivity index (χ2v) is 10.4. The van der Waals surface area contributed by atoms with E-state index < -0.39 is 16.2 Å². The van der Waals surface area contributed by atoms with Crippen molar-refractivity contribution in [2.45, 2.75) is 51.6 Å². The third-order valence-corrected chi connectivity index (χ3v) is 6.60. The molecule has 28 heavy (non-hydrogen) atoms. The third-order valence-electron chi connectivity index (χ3n) is 5.33. The second-order valence-electron chi connectivity index (χ2n) is 8.46. The van der Waals surface area contributed by atoms with Gasteiger partial charge in [0.15, 0.2) is 5.82 Å². The first-order valence-corrected chi connectivity index (χ1v) is 11.2. The van der Waals surface area contributed by atoms with Gasteiger partial charge in [0.2, 0.25) is 16.0 Å². The molecule has 1 aliphatic heterocycles. The molecule has 10 heteroatoms. The Balaban J connectivity index is 0.000000178. The van der Waals surface area contributed by atoms with E-state index >= 15 is 0 Å². The molecule has 2 aromatic heterocycles. The number of nitrogen functional groups attached to an aromatic ring is 1. The van der Waals surface area contributed by atoms with Gasteiger partial charge in [-0.3, -0.25) is 0 Å². The van der Waals surface area contributed by atoms with Gasteiger partial charge >= 0.3 is 0 Å². The lowest BCUT2D eigenvalue weighted by Crippen LogP contribution is -2.39. The number of alkyl halides is 1. The summed E-state index contributed by atoms with van der Waals surface area (Å²) in [5.41, 5.74) is 7.21. The number of rotatable bonds is 2. The molecule has 1 unspecified atom stereocenters. The van der Waals surface area contributed by atoms with Crippen LogP contribution in [0.4, 0.5) is 14.7 Å². The Morgan fingerprint density at radius 3 is 2.54 bits per heavy atom. The minimum absolute atomic E-state index is 0.0405. The van der Waals surface area contributed by atoms with Gasteiger partial charge in [0.1, 0.15) is 11.7 Å². The molecule has 2 fully saturated rings. The maximum Gasteiger partial charge on any atom is 0.238 e. The summed E-state index contributed by atoms with van der Waals surface area (Å²) in [7, 11) is -3.17. The molecule has 0 aromatic carbocycles. The largest absolute Gasteiger partial charge is 0.367 e. The van der Waals surface area contributed by atoms with Crippen molar-refractivity contribution in [3.8, 4) is 0 Å². The maximum absolute atomic E-state index is 13.7. The minimum Gasteiger partial charge on any atom is -0.367 e. The number of nitrogens with two attached hydrogens (primary N) is 1. The van der Waals surface area contributed by atoms with Crippen molar-refractivity contribution in [3.05, 3.63) is 23.8 Å². The summed E-state index contributed by atoms with van der Waals surface area (Å²) in [6.07, 6.45) is 4.82. The number of anilines is 1. The molecular formula is C18H27F2N5O2S. The number of aromatic nitrogens is 3. The molecule has 2 aliphatic rings. The van der Waals surface area contributed by atoms with Crippen LogP contribution in [0.1, 0.15) is 51.1 Å². The molecule has 7 nitrogen and oxygen atoms in total. The molecule has 156 valence electrons. The normalized spacial score (nSPS) is 23.1. The van der Waals surface area contributed by atoms with E-state index in [0.717, 1.165) is 24.8 Å². The third kappa shape index (κ3) is 4.60. The van der Waals surface area contributed by atoms with Crippen molar-refractivity contribution in [3.63, 3.8) is 0 Å². The molecule has 4 rings (SSSR count). The molecular weight excluding hydrogens is 388 g/mol. The van der Waals surface area contributed by atoms with E-state index in [2.05, 4.69) is 23.9 Å². The summed E-state index contributed by atoms with van der Waals surface area (Å²) in [4.78, 5) is 3.82. The van der Waals surface area contributed by atoms with Gasteiger partial charge in [-0.15, -0.1) is 5.10 Å². The lowest BCUT2D eigenvalue weighted by Gasteiger charge is -2.42. The first-order valence-electron chi connectivity index (χ1n) is 9.35. The van der Waals surface area contributed by atoms with Gasteiger partial charge in [-0.1, -0.05) is 13.8 Å². The molecule has 1 atom stereocenters. The Morgan fingerprint density at radius 1 is 1.32 bits per heavy atom. The van der Waals surface area contributed by atoms with E-state index in [1.807, 2.05) is 0 Å². The lowest BCUT2D eigenvalue weighted by atomic mass is 9.63. The predicted molar refractivity (Wildman–Crippen MR) is 104 cm³/mol. The van der Waals surface area contributed by atoms with E-state index in [1.165, 1.54) is 10.5 Å². The van der Waals surface area contributed by atoms with Crippen molar-refractivity contribution < 1.29 is 17.2 Å². The van der Waals surface area contributed by atoms with E-state index in [4.69, 9.17) is 5.73 Å². The van der Waals surface area contributed by atoms with Gasteiger partial charge < -0.3 is 5.73 Å². The Labute approximate surface area is 164 Å². The Bertz CT molecular complexity index is 952. The van der Waals surface area contributed by atoms with E-state index in [1.54, 1.807) is 10.6 Å². The zero-order valence-electron chi connectivity index (χ0n) is 16.4. The summed E-state index contributed by atoms with van der Waals surface area (Å²) in [5.74, 6) is 0.272. The summed E-state index contributed by atoms with van der Waals surface area (Å²) >= 11 is 0. The van der Waals surface area contributed by atoms with Crippen molar-refractivity contribution in [2.75, 3.05) is 25.1 Å². The van der Waals surface area contributed by atoms with Gasteiger partial charge in [-0.25, -0.2) is 26.7 Å². The van der Waals surface area contributed by atoms with Crippen molar-refractivity contribution >= 4 is 21.5 Å². The van der Waals surface area contributed by atoms with Gasteiger partial charge in [-0.2, -0.15) is 4.31 Å². The summed E-state index contributed by atoms with van der Waals surface area (Å²) in [6.45, 7) is 4.95. The highest BCUT2D eigenvalue weighted by Crippen LogP contribution is 2.50. The zero-order valence-corrected chi connectivity index (χ0v) is 17.2. The molecule has 1 aliphatic carbocycles. The average Bonchev–Trinajstić information content (AvgIpc) is 2.88. The van der Waals surface area contributed by atoms with Crippen molar-refractivity contribution in [1.82, 2.24) is 18.9 Å². The highest BCUT2D eigenvalue weighted by Gasteiger charge is 2.38. The number of hydrogen-bond donors (Lipinski definition) is 1. The smallest absolute Gasteiger partial charge is 0.238 e. The Hall–Kier alpha value is -1.81. The van der Waals surface area contributed by atoms with Crippen molar-refractivity contribution in [2.24, 2.45) is 5.41 Å². The fourth-order valence-electron chi connectivity index (χ4n) is 3.96. The Morgan fingerprint density at radius 2 is 2.00 bits per heavy atom. The number of piperidine rings is 1. The SMILES string of the molecule is CC1(C)CC(c2cc(F)c3cnc(N)nn23)C1.CS(=O)(=O)N1CCCC(F)C1. The summed E-state index contributed by atoms with van der Waals surface area (Å²) in [6, 6.07) is 1.56. The van der Waals surface area contributed by atoms with Crippen LogP contribution in [-0.2, 0) is 10.0 Å². The molecule has 3 heterocycles. The number of hydrogen-bond acceptors (Lipinski definition) is 5. The molecule has 0 amide bonds. The molecule has 0 radical (unpaired) electrons. The van der Waals surface area contributed by atoms with Crippen LogP contribution in [-0.4, -0.2) is 52.8 Å². The first-order chi connectivity index (χ1) is 13.0. The van der Waals surface area contributed by atoms with Gasteiger partial charge in [0.05, 0.1) is 12.5 Å². The van der Waals surface area contributed by atoms with Crippen LogP contribution in [0.3, 0.4) is 0 Å². The van der Waals surface area contributed by atoms with Crippen LogP contribution in [0.5, 0.6) is 0 Å². The highest BCUT2D eigenvalue weighted by molar-refractivity contribution is 7.88. The van der Waals surface area contributed by atoms with Crippen LogP contribution >= 0.6 is 0 Å². The quantitative estimate of drug-likeness (QED) is 0.814. The van der Waals surface area contributed by atoms with Crippen LogP contribution in [0.15, 0.2) is 12.3 Å². The number of sulfonamides is 1. The molecule has 2 aromatic rings. The van der Waals surface area contributed by atoms with E-state index in [9.17, 15) is 17.2 Å².